The van der Waals surface area contributed by atoms with Crippen molar-refractivity contribution >= 4 is 21.5 Å². The number of benzene rings is 1. The Hall–Kier alpha value is -2.54. The van der Waals surface area contributed by atoms with E-state index in [1.54, 1.807) is 48.7 Å². The number of rotatable bonds is 8. The fourth-order valence-corrected chi connectivity index (χ4v) is 3.85. The molecule has 0 spiro atoms. The number of nitrogens with zero attached hydrogens (tertiary/aromatic N) is 1. The van der Waals surface area contributed by atoms with Gasteiger partial charge in [0.1, 0.15) is 11.6 Å². The molecule has 7 heteroatoms. The van der Waals surface area contributed by atoms with E-state index in [2.05, 4.69) is 21.6 Å². The quantitative estimate of drug-likeness (QED) is 0.688. The maximum absolute atomic E-state index is 12.5. The summed E-state index contributed by atoms with van der Waals surface area (Å²) in [5.74, 6) is 0.965. The first kappa shape index (κ1) is 18.3. The molecule has 138 valence electrons. The molecule has 1 saturated carbocycles. The van der Waals surface area contributed by atoms with Crippen LogP contribution in [0.2, 0.25) is 0 Å². The number of pyridine rings is 1. The summed E-state index contributed by atoms with van der Waals surface area (Å²) in [5, 5.41) is 3.08. The van der Waals surface area contributed by atoms with Gasteiger partial charge in [-0.3, -0.25) is 4.72 Å². The largest absolute Gasteiger partial charge is 0.490 e. The topological polar surface area (TPSA) is 80.3 Å². The predicted octanol–water partition coefficient (Wildman–Crippen LogP) is 3.80. The van der Waals surface area contributed by atoms with Gasteiger partial charge in [0.05, 0.1) is 22.9 Å². The molecule has 3 rings (SSSR count). The zero-order valence-corrected chi connectivity index (χ0v) is 15.3. The van der Waals surface area contributed by atoms with Crippen LogP contribution < -0.4 is 14.8 Å². The molecule has 6 nitrogen and oxygen atoms in total. The van der Waals surface area contributed by atoms with Crippen LogP contribution in [0.5, 0.6) is 5.75 Å². The van der Waals surface area contributed by atoms with Crippen molar-refractivity contribution in [1.82, 2.24) is 4.98 Å². The third-order valence-electron chi connectivity index (χ3n) is 4.19. The second-order valence-corrected chi connectivity index (χ2v) is 7.89. The maximum Gasteiger partial charge on any atom is 0.263 e. The minimum absolute atomic E-state index is 0.173. The summed E-state index contributed by atoms with van der Waals surface area (Å²) in [7, 11) is -3.69. The monoisotopic (exact) mass is 373 g/mol. The molecule has 1 aromatic carbocycles. The van der Waals surface area contributed by atoms with E-state index in [1.165, 1.54) is 12.8 Å². The molecule has 2 N–H and O–H groups in total. The lowest BCUT2D eigenvalue weighted by atomic mass is 10.3. The van der Waals surface area contributed by atoms with Gasteiger partial charge in [-0.05, 0) is 62.1 Å². The average molecular weight is 373 g/mol. The molecule has 0 unspecified atom stereocenters. The number of sulfonamides is 1. The van der Waals surface area contributed by atoms with E-state index < -0.39 is 10.0 Å². The molecule has 26 heavy (non-hydrogen) atoms. The summed E-state index contributed by atoms with van der Waals surface area (Å²) < 4.78 is 33.3. The molecule has 2 aromatic rings. The fraction of sp³-hybridized carbons (Fsp3) is 0.316. The molecule has 0 radical (unpaired) electrons. The third kappa shape index (κ3) is 4.76. The van der Waals surface area contributed by atoms with Crippen molar-refractivity contribution in [3.8, 4) is 5.75 Å². The Morgan fingerprint density at radius 1 is 1.15 bits per heavy atom. The van der Waals surface area contributed by atoms with E-state index in [1.807, 2.05) is 0 Å². The van der Waals surface area contributed by atoms with E-state index in [-0.39, 0.29) is 16.8 Å². The van der Waals surface area contributed by atoms with Crippen molar-refractivity contribution in [3.05, 3.63) is 55.3 Å². The Morgan fingerprint density at radius 3 is 2.50 bits per heavy atom. The third-order valence-corrected chi connectivity index (χ3v) is 5.56. The smallest absolute Gasteiger partial charge is 0.263 e. The van der Waals surface area contributed by atoms with Crippen LogP contribution in [-0.4, -0.2) is 26.1 Å². The van der Waals surface area contributed by atoms with Crippen molar-refractivity contribution in [2.24, 2.45) is 0 Å². The van der Waals surface area contributed by atoms with Crippen LogP contribution in [0.1, 0.15) is 25.7 Å². The van der Waals surface area contributed by atoms with Crippen molar-refractivity contribution < 1.29 is 13.2 Å². The first-order valence-electron chi connectivity index (χ1n) is 8.67. The Kier molecular flexibility index (Phi) is 5.78. The SMILES string of the molecule is C=CCNc1ccc(NS(=O)(=O)c2ccc(OC3CCCC3)cc2)nc1. The second-order valence-electron chi connectivity index (χ2n) is 6.20. The molecular formula is C19H23N3O3S. The minimum atomic E-state index is -3.69. The van der Waals surface area contributed by atoms with E-state index in [9.17, 15) is 8.42 Å². The van der Waals surface area contributed by atoms with Gasteiger partial charge < -0.3 is 10.1 Å². The molecule has 0 saturated heterocycles. The predicted molar refractivity (Wildman–Crippen MR) is 103 cm³/mol. The van der Waals surface area contributed by atoms with Crippen LogP contribution in [0.25, 0.3) is 0 Å². The van der Waals surface area contributed by atoms with Gasteiger partial charge in [0.2, 0.25) is 0 Å². The van der Waals surface area contributed by atoms with Gasteiger partial charge in [-0.2, -0.15) is 0 Å². The summed E-state index contributed by atoms with van der Waals surface area (Å²) >= 11 is 0. The molecule has 0 aliphatic heterocycles. The minimum Gasteiger partial charge on any atom is -0.490 e. The highest BCUT2D eigenvalue weighted by molar-refractivity contribution is 7.92. The van der Waals surface area contributed by atoms with Gasteiger partial charge in [0.15, 0.2) is 0 Å². The molecule has 1 aliphatic rings. The highest BCUT2D eigenvalue weighted by Crippen LogP contribution is 2.25. The maximum atomic E-state index is 12.5. The first-order chi connectivity index (χ1) is 12.6. The van der Waals surface area contributed by atoms with E-state index in [0.717, 1.165) is 18.5 Å². The number of ether oxygens (including phenoxy) is 1. The first-order valence-corrected chi connectivity index (χ1v) is 10.2. The van der Waals surface area contributed by atoms with Crippen molar-refractivity contribution in [2.45, 2.75) is 36.7 Å². The summed E-state index contributed by atoms with van der Waals surface area (Å²) in [6, 6.07) is 9.86. The van der Waals surface area contributed by atoms with Gasteiger partial charge in [-0.25, -0.2) is 13.4 Å². The molecule has 1 aliphatic carbocycles. The molecule has 1 fully saturated rings. The molecule has 1 heterocycles. The highest BCUT2D eigenvalue weighted by Gasteiger charge is 2.18. The second kappa shape index (κ2) is 8.23. The molecule has 0 amide bonds. The Bertz CT molecular complexity index is 827. The Balaban J connectivity index is 1.64. The van der Waals surface area contributed by atoms with Gasteiger partial charge >= 0.3 is 0 Å². The normalized spacial score (nSPS) is 14.8. The number of hydrogen-bond donors (Lipinski definition) is 2. The molecule has 1 aromatic heterocycles. The van der Waals surface area contributed by atoms with Gasteiger partial charge in [-0.1, -0.05) is 6.08 Å². The zero-order valence-electron chi connectivity index (χ0n) is 14.5. The standard InChI is InChI=1S/C19H23N3O3S/c1-2-13-20-15-7-12-19(21-14-15)22-26(23,24)18-10-8-17(9-11-18)25-16-5-3-4-6-16/h2,7-12,14,16,20H,1,3-6,13H2,(H,21,22). The summed E-state index contributed by atoms with van der Waals surface area (Å²) in [4.78, 5) is 4.29. The lowest BCUT2D eigenvalue weighted by Gasteiger charge is -2.13. The van der Waals surface area contributed by atoms with Crippen molar-refractivity contribution in [1.29, 1.82) is 0 Å². The lowest BCUT2D eigenvalue weighted by molar-refractivity contribution is 0.210. The van der Waals surface area contributed by atoms with Crippen LogP contribution >= 0.6 is 0 Å². The number of anilines is 2. The van der Waals surface area contributed by atoms with Gasteiger partial charge in [0, 0.05) is 6.54 Å². The van der Waals surface area contributed by atoms with Crippen LogP contribution in [-0.2, 0) is 10.0 Å². The molecule has 0 atom stereocenters. The highest BCUT2D eigenvalue weighted by atomic mass is 32.2. The Labute approximate surface area is 154 Å². The molecular weight excluding hydrogens is 350 g/mol. The summed E-state index contributed by atoms with van der Waals surface area (Å²) in [5.41, 5.74) is 0.793. The van der Waals surface area contributed by atoms with E-state index in [4.69, 9.17) is 4.74 Å². The van der Waals surface area contributed by atoms with Crippen molar-refractivity contribution in [2.75, 3.05) is 16.6 Å². The number of nitrogens with one attached hydrogen (secondary N) is 2. The fourth-order valence-electron chi connectivity index (χ4n) is 2.84. The van der Waals surface area contributed by atoms with Crippen molar-refractivity contribution in [3.63, 3.8) is 0 Å². The lowest BCUT2D eigenvalue weighted by Crippen LogP contribution is -2.14. The Morgan fingerprint density at radius 2 is 1.88 bits per heavy atom. The number of hydrogen-bond acceptors (Lipinski definition) is 5. The van der Waals surface area contributed by atoms with Crippen LogP contribution in [0, 0.1) is 0 Å². The summed E-state index contributed by atoms with van der Waals surface area (Å²) in [6.45, 7) is 4.24. The van der Waals surface area contributed by atoms with E-state index in [0.29, 0.717) is 12.3 Å². The summed E-state index contributed by atoms with van der Waals surface area (Å²) in [6.07, 6.45) is 8.05. The van der Waals surface area contributed by atoms with Crippen LogP contribution in [0.4, 0.5) is 11.5 Å². The van der Waals surface area contributed by atoms with Crippen LogP contribution in [0.15, 0.2) is 60.1 Å². The number of aromatic nitrogens is 1. The van der Waals surface area contributed by atoms with Crippen LogP contribution in [0.3, 0.4) is 0 Å². The zero-order chi connectivity index (χ0) is 18.4. The van der Waals surface area contributed by atoms with Gasteiger partial charge in [-0.15, -0.1) is 6.58 Å². The average Bonchev–Trinajstić information content (AvgIpc) is 3.14. The van der Waals surface area contributed by atoms with Gasteiger partial charge in [0.25, 0.3) is 10.0 Å². The molecule has 0 bridgehead atoms. The van der Waals surface area contributed by atoms with E-state index >= 15 is 0 Å².